The molecule has 1 aromatic carbocycles. The van der Waals surface area contributed by atoms with Crippen LogP contribution in [0.1, 0.15) is 17.4 Å². The minimum absolute atomic E-state index is 0.144. The van der Waals surface area contributed by atoms with E-state index in [-0.39, 0.29) is 11.9 Å². The van der Waals surface area contributed by atoms with Crippen molar-refractivity contribution >= 4 is 0 Å². The molecule has 0 saturated carbocycles. The normalized spacial score (nSPS) is 17.5. The molecule has 22 heavy (non-hydrogen) atoms. The number of ether oxygens (including phenoxy) is 1. The van der Waals surface area contributed by atoms with E-state index < -0.39 is 0 Å². The Labute approximate surface area is 129 Å². The van der Waals surface area contributed by atoms with E-state index >= 15 is 0 Å². The lowest BCUT2D eigenvalue weighted by molar-refractivity contribution is 0.0116. The number of halogens is 1. The van der Waals surface area contributed by atoms with Gasteiger partial charge in [0.15, 0.2) is 0 Å². The SMILES string of the molecule is Fc1ccccc1CNCC(c1ccco1)N1CCOCC1. The zero-order chi connectivity index (χ0) is 15.2. The first-order valence-corrected chi connectivity index (χ1v) is 7.64. The zero-order valence-corrected chi connectivity index (χ0v) is 12.5. The van der Waals surface area contributed by atoms with E-state index in [4.69, 9.17) is 9.15 Å². The number of hydrogen-bond acceptors (Lipinski definition) is 4. The summed E-state index contributed by atoms with van der Waals surface area (Å²) in [7, 11) is 0. The van der Waals surface area contributed by atoms with Crippen LogP contribution in [0.25, 0.3) is 0 Å². The molecule has 0 radical (unpaired) electrons. The van der Waals surface area contributed by atoms with Gasteiger partial charge in [0.2, 0.25) is 0 Å². The predicted molar refractivity (Wildman–Crippen MR) is 81.9 cm³/mol. The minimum atomic E-state index is -0.170. The summed E-state index contributed by atoms with van der Waals surface area (Å²) >= 11 is 0. The van der Waals surface area contributed by atoms with Crippen LogP contribution in [0, 0.1) is 5.82 Å². The molecule has 1 saturated heterocycles. The molecule has 0 aliphatic carbocycles. The van der Waals surface area contributed by atoms with Gasteiger partial charge in [-0.15, -0.1) is 0 Å². The number of furan rings is 1. The summed E-state index contributed by atoms with van der Waals surface area (Å²) < 4.78 is 24.6. The quantitative estimate of drug-likeness (QED) is 0.890. The molecular formula is C17H21FN2O2. The van der Waals surface area contributed by atoms with Gasteiger partial charge in [0.25, 0.3) is 0 Å². The van der Waals surface area contributed by atoms with E-state index in [1.807, 2.05) is 18.2 Å². The molecule has 1 aliphatic rings. The monoisotopic (exact) mass is 304 g/mol. The van der Waals surface area contributed by atoms with Crippen molar-refractivity contribution in [3.05, 3.63) is 59.8 Å². The van der Waals surface area contributed by atoms with Gasteiger partial charge < -0.3 is 14.5 Å². The summed E-state index contributed by atoms with van der Waals surface area (Å²) in [5.41, 5.74) is 0.683. The van der Waals surface area contributed by atoms with Crippen molar-refractivity contribution in [2.45, 2.75) is 12.6 Å². The van der Waals surface area contributed by atoms with Gasteiger partial charge in [0, 0.05) is 31.7 Å². The number of nitrogens with zero attached hydrogens (tertiary/aromatic N) is 1. The summed E-state index contributed by atoms with van der Waals surface area (Å²) in [4.78, 5) is 2.34. The zero-order valence-electron chi connectivity index (χ0n) is 12.5. The molecule has 5 heteroatoms. The van der Waals surface area contributed by atoms with Gasteiger partial charge in [-0.2, -0.15) is 0 Å². The summed E-state index contributed by atoms with van der Waals surface area (Å²) in [6, 6.07) is 10.9. The van der Waals surface area contributed by atoms with E-state index in [1.54, 1.807) is 18.4 Å². The highest BCUT2D eigenvalue weighted by atomic mass is 19.1. The first kappa shape index (κ1) is 15.2. The van der Waals surface area contributed by atoms with Crippen molar-refractivity contribution in [3.8, 4) is 0 Å². The van der Waals surface area contributed by atoms with Gasteiger partial charge in [-0.3, -0.25) is 4.90 Å². The van der Waals surface area contributed by atoms with Crippen molar-refractivity contribution in [1.29, 1.82) is 0 Å². The molecule has 2 heterocycles. The third-order valence-corrected chi connectivity index (χ3v) is 3.97. The molecule has 1 N–H and O–H groups in total. The van der Waals surface area contributed by atoms with Crippen LogP contribution in [0.15, 0.2) is 47.1 Å². The lowest BCUT2D eigenvalue weighted by Crippen LogP contribution is -2.42. The van der Waals surface area contributed by atoms with Gasteiger partial charge in [0.05, 0.1) is 25.5 Å². The largest absolute Gasteiger partial charge is 0.468 e. The van der Waals surface area contributed by atoms with Crippen LogP contribution in [0.5, 0.6) is 0 Å². The van der Waals surface area contributed by atoms with Gasteiger partial charge in [-0.05, 0) is 18.2 Å². The summed E-state index contributed by atoms with van der Waals surface area (Å²) in [6.45, 7) is 4.46. The summed E-state index contributed by atoms with van der Waals surface area (Å²) in [6.07, 6.45) is 1.69. The number of hydrogen-bond donors (Lipinski definition) is 1. The second kappa shape index (κ2) is 7.54. The average Bonchev–Trinajstić information content (AvgIpc) is 3.08. The van der Waals surface area contributed by atoms with E-state index in [0.717, 1.165) is 32.1 Å². The Balaban J connectivity index is 1.62. The first-order valence-electron chi connectivity index (χ1n) is 7.64. The lowest BCUT2D eigenvalue weighted by atomic mass is 10.1. The molecule has 0 bridgehead atoms. The molecule has 1 aliphatic heterocycles. The maximum Gasteiger partial charge on any atom is 0.127 e. The molecular weight excluding hydrogens is 283 g/mol. The first-order chi connectivity index (χ1) is 10.8. The molecule has 1 fully saturated rings. The van der Waals surface area contributed by atoms with Crippen LogP contribution in [-0.4, -0.2) is 37.7 Å². The van der Waals surface area contributed by atoms with Crippen LogP contribution in [-0.2, 0) is 11.3 Å². The topological polar surface area (TPSA) is 37.6 Å². The summed E-state index contributed by atoms with van der Waals surface area (Å²) in [5.74, 6) is 0.763. The van der Waals surface area contributed by atoms with Gasteiger partial charge >= 0.3 is 0 Å². The fourth-order valence-electron chi connectivity index (χ4n) is 2.76. The third kappa shape index (κ3) is 3.74. The molecule has 0 amide bonds. The fraction of sp³-hybridized carbons (Fsp3) is 0.412. The average molecular weight is 304 g/mol. The Bertz CT molecular complexity index is 568. The van der Waals surface area contributed by atoms with Crippen LogP contribution in [0.3, 0.4) is 0 Å². The standard InChI is InChI=1S/C17H21FN2O2/c18-15-5-2-1-4-14(15)12-19-13-16(17-6-3-9-22-17)20-7-10-21-11-8-20/h1-6,9,16,19H,7-8,10-13H2. The smallest absolute Gasteiger partial charge is 0.127 e. The van der Waals surface area contributed by atoms with Crippen LogP contribution >= 0.6 is 0 Å². The summed E-state index contributed by atoms with van der Waals surface area (Å²) in [5, 5.41) is 3.35. The number of rotatable bonds is 6. The second-order valence-electron chi connectivity index (χ2n) is 5.40. The Morgan fingerprint density at radius 1 is 1.14 bits per heavy atom. The maximum atomic E-state index is 13.7. The van der Waals surface area contributed by atoms with E-state index in [1.165, 1.54) is 6.07 Å². The second-order valence-corrected chi connectivity index (χ2v) is 5.40. The molecule has 2 aromatic rings. The molecule has 3 rings (SSSR count). The molecule has 1 atom stereocenters. The highest BCUT2D eigenvalue weighted by molar-refractivity contribution is 5.17. The number of nitrogens with one attached hydrogen (secondary N) is 1. The molecule has 0 spiro atoms. The van der Waals surface area contributed by atoms with Gasteiger partial charge in [-0.25, -0.2) is 4.39 Å². The molecule has 1 aromatic heterocycles. The number of morpholine rings is 1. The Morgan fingerprint density at radius 2 is 1.95 bits per heavy atom. The van der Waals surface area contributed by atoms with Gasteiger partial charge in [0.1, 0.15) is 11.6 Å². The maximum absolute atomic E-state index is 13.7. The molecule has 118 valence electrons. The molecule has 4 nitrogen and oxygen atoms in total. The van der Waals surface area contributed by atoms with Gasteiger partial charge in [-0.1, -0.05) is 18.2 Å². The van der Waals surface area contributed by atoms with Crippen LogP contribution < -0.4 is 5.32 Å². The molecule has 1 unspecified atom stereocenters. The van der Waals surface area contributed by atoms with Crippen molar-refractivity contribution in [2.75, 3.05) is 32.8 Å². The lowest BCUT2D eigenvalue weighted by Gasteiger charge is -2.33. The number of benzene rings is 1. The fourth-order valence-corrected chi connectivity index (χ4v) is 2.76. The Kier molecular flexibility index (Phi) is 5.21. The van der Waals surface area contributed by atoms with Crippen molar-refractivity contribution in [2.24, 2.45) is 0 Å². The predicted octanol–water partition coefficient (Wildman–Crippen LogP) is 2.58. The Hall–Kier alpha value is -1.69. The minimum Gasteiger partial charge on any atom is -0.468 e. The van der Waals surface area contributed by atoms with Crippen molar-refractivity contribution < 1.29 is 13.5 Å². The van der Waals surface area contributed by atoms with E-state index in [9.17, 15) is 4.39 Å². The van der Waals surface area contributed by atoms with Crippen molar-refractivity contribution in [1.82, 2.24) is 10.2 Å². The van der Waals surface area contributed by atoms with Crippen LogP contribution in [0.2, 0.25) is 0 Å². The third-order valence-electron chi connectivity index (χ3n) is 3.97. The van der Waals surface area contributed by atoms with E-state index in [0.29, 0.717) is 18.7 Å². The van der Waals surface area contributed by atoms with E-state index in [2.05, 4.69) is 10.2 Å². The Morgan fingerprint density at radius 3 is 2.68 bits per heavy atom. The van der Waals surface area contributed by atoms with Crippen LogP contribution in [0.4, 0.5) is 4.39 Å². The van der Waals surface area contributed by atoms with Crippen molar-refractivity contribution in [3.63, 3.8) is 0 Å². The highest BCUT2D eigenvalue weighted by Crippen LogP contribution is 2.21. The highest BCUT2D eigenvalue weighted by Gasteiger charge is 2.24.